The number of ether oxygens (including phenoxy) is 2. The van der Waals surface area contributed by atoms with Crippen molar-refractivity contribution in [2.75, 3.05) is 19.5 Å². The van der Waals surface area contributed by atoms with Crippen LogP contribution < -0.4 is 16.0 Å². The molecule has 10 heteroatoms. The van der Waals surface area contributed by atoms with Crippen molar-refractivity contribution >= 4 is 27.9 Å². The monoisotopic (exact) mass is 369 g/mol. The summed E-state index contributed by atoms with van der Waals surface area (Å²) in [4.78, 5) is 12.3. The van der Waals surface area contributed by atoms with Crippen molar-refractivity contribution in [1.82, 2.24) is 5.48 Å². The molecule has 1 heterocycles. The number of nitrogens with two attached hydrogens (primary N) is 1. The van der Waals surface area contributed by atoms with Crippen molar-refractivity contribution in [2.24, 2.45) is 5.73 Å². The van der Waals surface area contributed by atoms with E-state index in [1.165, 1.54) is 0 Å². The number of carbonyl (C=O) groups is 1. The average molecular weight is 369 g/mol. The number of carbonyl (C=O) groups excluding carboxylic acids is 1. The van der Waals surface area contributed by atoms with Gasteiger partial charge in [-0.1, -0.05) is 18.2 Å². The predicted molar refractivity (Wildman–Crippen MR) is 90.2 cm³/mol. The highest BCUT2D eigenvalue weighted by Crippen LogP contribution is 2.30. The third-order valence-electron chi connectivity index (χ3n) is 3.32. The number of hydrogen-bond acceptors (Lipinski definition) is 7. The fraction of sp³-hybridized carbons (Fsp3) is 0.333. The molecule has 0 unspecified atom stereocenters. The Balaban J connectivity index is 2.20. The lowest BCUT2D eigenvalue weighted by atomic mass is 10.0. The Labute approximate surface area is 145 Å². The standard InChI is InChI=1S/C15H19N3O6S/c1-22-8-12-4-2-3-11-7-10(5-6-23-14(11)12)13(19)9-25(20,21)24-18-15(16)17/h2-4,7H,5-6,8-9H2,1H3,(H4,16,17,18). The minimum Gasteiger partial charge on any atom is -0.492 e. The quantitative estimate of drug-likeness (QED) is 0.354. The minimum atomic E-state index is -4.21. The molecule has 9 nitrogen and oxygen atoms in total. The fourth-order valence-corrected chi connectivity index (χ4v) is 3.08. The molecule has 0 radical (unpaired) electrons. The van der Waals surface area contributed by atoms with E-state index in [2.05, 4.69) is 4.28 Å². The van der Waals surface area contributed by atoms with Gasteiger partial charge >= 0.3 is 0 Å². The average Bonchev–Trinajstić information content (AvgIpc) is 2.76. The van der Waals surface area contributed by atoms with E-state index in [1.807, 2.05) is 6.07 Å². The number of guanidine groups is 1. The second-order valence-corrected chi connectivity index (χ2v) is 6.83. The molecule has 1 aromatic rings. The number of benzene rings is 1. The van der Waals surface area contributed by atoms with Gasteiger partial charge in [0.15, 0.2) is 5.78 Å². The first kappa shape index (κ1) is 18.9. The zero-order valence-corrected chi connectivity index (χ0v) is 14.4. The first-order chi connectivity index (χ1) is 11.8. The van der Waals surface area contributed by atoms with Crippen molar-refractivity contribution in [2.45, 2.75) is 13.0 Å². The van der Waals surface area contributed by atoms with Crippen LogP contribution in [0.5, 0.6) is 5.75 Å². The van der Waals surface area contributed by atoms with Crippen LogP contribution in [0.4, 0.5) is 0 Å². The molecule has 0 spiro atoms. The third kappa shape index (κ3) is 5.28. The van der Waals surface area contributed by atoms with Gasteiger partial charge in [-0.25, -0.2) is 5.48 Å². The first-order valence-corrected chi connectivity index (χ1v) is 8.88. The van der Waals surface area contributed by atoms with Gasteiger partial charge in [0.25, 0.3) is 10.1 Å². The van der Waals surface area contributed by atoms with Crippen LogP contribution >= 0.6 is 0 Å². The Morgan fingerprint density at radius 2 is 2.20 bits per heavy atom. The zero-order chi connectivity index (χ0) is 18.4. The largest absolute Gasteiger partial charge is 0.492 e. The molecular formula is C15H19N3O6S. The van der Waals surface area contributed by atoms with Crippen LogP contribution in [0.2, 0.25) is 0 Å². The molecule has 1 aliphatic rings. The molecule has 0 atom stereocenters. The summed E-state index contributed by atoms with van der Waals surface area (Å²) in [6, 6.07) is 5.43. The van der Waals surface area contributed by atoms with Crippen molar-refractivity contribution in [3.05, 3.63) is 34.9 Å². The second kappa shape index (κ2) is 8.10. The topological polar surface area (TPSA) is 141 Å². The number of methoxy groups -OCH3 is 1. The normalized spacial score (nSPS) is 13.9. The van der Waals surface area contributed by atoms with Gasteiger partial charge in [0, 0.05) is 30.2 Å². The highest BCUT2D eigenvalue weighted by atomic mass is 32.2. The van der Waals surface area contributed by atoms with Gasteiger partial charge in [-0.2, -0.15) is 8.42 Å². The Hall–Kier alpha value is -2.43. The third-order valence-corrected chi connectivity index (χ3v) is 4.27. The molecule has 0 aliphatic carbocycles. The molecule has 0 aromatic heterocycles. The Morgan fingerprint density at radius 3 is 2.88 bits per heavy atom. The van der Waals surface area contributed by atoms with E-state index in [0.29, 0.717) is 23.5 Å². The predicted octanol–water partition coefficient (Wildman–Crippen LogP) is 0.312. The molecule has 0 bridgehead atoms. The van der Waals surface area contributed by atoms with Gasteiger partial charge in [0.2, 0.25) is 5.96 Å². The number of Topliss-reactive ketones (excluding diaryl/α,β-unsaturated/α-hetero) is 1. The minimum absolute atomic E-state index is 0.234. The van der Waals surface area contributed by atoms with E-state index >= 15 is 0 Å². The lowest BCUT2D eigenvalue weighted by Crippen LogP contribution is -2.34. The van der Waals surface area contributed by atoms with Gasteiger partial charge in [-0.3, -0.25) is 10.2 Å². The maximum Gasteiger partial charge on any atom is 0.295 e. The second-order valence-electron chi connectivity index (χ2n) is 5.26. The van der Waals surface area contributed by atoms with E-state index < -0.39 is 27.6 Å². The maximum atomic E-state index is 12.3. The Kier molecular flexibility index (Phi) is 6.12. The number of para-hydroxylation sites is 1. The molecule has 0 saturated heterocycles. The van der Waals surface area contributed by atoms with E-state index in [9.17, 15) is 13.2 Å². The van der Waals surface area contributed by atoms with Crippen LogP contribution in [0.15, 0.2) is 23.8 Å². The summed E-state index contributed by atoms with van der Waals surface area (Å²) in [5.74, 6) is -1.55. The summed E-state index contributed by atoms with van der Waals surface area (Å²) in [5, 5.41) is 6.87. The first-order valence-electron chi connectivity index (χ1n) is 7.31. The molecule has 0 amide bonds. The van der Waals surface area contributed by atoms with Gasteiger partial charge in [0.1, 0.15) is 11.5 Å². The summed E-state index contributed by atoms with van der Waals surface area (Å²) in [6.07, 6.45) is 1.87. The highest BCUT2D eigenvalue weighted by molar-refractivity contribution is 7.87. The van der Waals surface area contributed by atoms with Crippen molar-refractivity contribution < 1.29 is 27.0 Å². The summed E-state index contributed by atoms with van der Waals surface area (Å²) in [6.45, 7) is 0.594. The van der Waals surface area contributed by atoms with Crippen LogP contribution in [0, 0.1) is 5.41 Å². The number of hydroxylamine groups is 1. The Bertz CT molecular complexity index is 803. The van der Waals surface area contributed by atoms with Crippen molar-refractivity contribution in [3.63, 3.8) is 0 Å². The lowest BCUT2D eigenvalue weighted by Gasteiger charge is -2.11. The number of rotatable bonds is 7. The van der Waals surface area contributed by atoms with Gasteiger partial charge in [0.05, 0.1) is 13.2 Å². The lowest BCUT2D eigenvalue weighted by molar-refractivity contribution is -0.113. The van der Waals surface area contributed by atoms with E-state index in [1.54, 1.807) is 30.8 Å². The molecule has 25 heavy (non-hydrogen) atoms. The molecule has 0 saturated carbocycles. The maximum absolute atomic E-state index is 12.3. The number of hydrogen-bond donors (Lipinski definition) is 3. The Morgan fingerprint density at radius 1 is 1.44 bits per heavy atom. The fourth-order valence-electron chi connectivity index (χ4n) is 2.30. The summed E-state index contributed by atoms with van der Waals surface area (Å²) in [5.41, 5.74) is 8.48. The van der Waals surface area contributed by atoms with E-state index in [-0.39, 0.29) is 13.0 Å². The van der Waals surface area contributed by atoms with Gasteiger partial charge in [-0.15, -0.1) is 4.28 Å². The van der Waals surface area contributed by atoms with Crippen molar-refractivity contribution in [3.8, 4) is 5.75 Å². The smallest absolute Gasteiger partial charge is 0.295 e. The molecule has 1 aromatic carbocycles. The van der Waals surface area contributed by atoms with Gasteiger partial charge in [-0.05, 0) is 6.08 Å². The molecule has 4 N–H and O–H groups in total. The summed E-state index contributed by atoms with van der Waals surface area (Å²) in [7, 11) is -2.64. The molecule has 2 rings (SSSR count). The molecule has 136 valence electrons. The number of ketones is 1. The van der Waals surface area contributed by atoms with Crippen molar-refractivity contribution in [1.29, 1.82) is 5.41 Å². The van der Waals surface area contributed by atoms with Crippen LogP contribution in [0.25, 0.3) is 6.08 Å². The summed E-state index contributed by atoms with van der Waals surface area (Å²) >= 11 is 0. The molecule has 1 aliphatic heterocycles. The molecule has 0 fully saturated rings. The van der Waals surface area contributed by atoms with E-state index in [0.717, 1.165) is 5.56 Å². The van der Waals surface area contributed by atoms with Crippen LogP contribution in [0.1, 0.15) is 17.5 Å². The van der Waals surface area contributed by atoms with Crippen LogP contribution in [0.3, 0.4) is 0 Å². The zero-order valence-electron chi connectivity index (χ0n) is 13.6. The number of fused-ring (bicyclic) bond motifs is 1. The van der Waals surface area contributed by atoms with Crippen LogP contribution in [-0.2, 0) is 30.5 Å². The molecular weight excluding hydrogens is 350 g/mol. The van der Waals surface area contributed by atoms with Gasteiger partial charge < -0.3 is 15.2 Å². The van der Waals surface area contributed by atoms with Crippen LogP contribution in [-0.4, -0.2) is 39.6 Å². The number of nitrogens with one attached hydrogen (secondary N) is 2. The summed E-state index contributed by atoms with van der Waals surface area (Å²) < 4.78 is 38.6. The van der Waals surface area contributed by atoms with E-state index in [4.69, 9.17) is 20.6 Å². The SMILES string of the molecule is COCc1cccc2c1OCCC(C(=O)CS(=O)(=O)ONC(=N)N)=C2. The highest BCUT2D eigenvalue weighted by Gasteiger charge is 2.23.